The van der Waals surface area contributed by atoms with Crippen LogP contribution in [0.3, 0.4) is 0 Å². The maximum Gasteiger partial charge on any atom is 0.354 e. The lowest BCUT2D eigenvalue weighted by atomic mass is 9.74. The maximum absolute atomic E-state index is 12.8. The van der Waals surface area contributed by atoms with E-state index in [1.165, 1.54) is 29.4 Å². The Morgan fingerprint density at radius 2 is 1.73 bits per heavy atom. The van der Waals surface area contributed by atoms with Crippen molar-refractivity contribution >= 4 is 17.8 Å². The predicted molar refractivity (Wildman–Crippen MR) is 154 cm³/mol. The van der Waals surface area contributed by atoms with Gasteiger partial charge in [0.1, 0.15) is 5.82 Å². The number of nitrogens with two attached hydrogens (primary N) is 2. The van der Waals surface area contributed by atoms with Crippen LogP contribution in [0.15, 0.2) is 41.3 Å². The minimum Gasteiger partial charge on any atom is -0.338 e. The van der Waals surface area contributed by atoms with Crippen LogP contribution < -0.4 is 22.5 Å². The molecule has 1 aromatic carbocycles. The Labute approximate surface area is 235 Å². The third kappa shape index (κ3) is 5.50. The third-order valence-electron chi connectivity index (χ3n) is 8.98. The van der Waals surface area contributed by atoms with E-state index in [-0.39, 0.29) is 17.8 Å². The summed E-state index contributed by atoms with van der Waals surface area (Å²) in [4.78, 5) is 47.9. The monoisotopic (exact) mass is 550 g/mol. The molecule has 0 spiro atoms. The summed E-state index contributed by atoms with van der Waals surface area (Å²) in [7, 11) is 0. The Bertz CT molecular complexity index is 1290. The molecular formula is C29H42N8O3. The highest BCUT2D eigenvalue weighted by atomic mass is 16.2. The Balaban J connectivity index is 1.17. The first kappa shape index (κ1) is 28.3. The number of piperazine rings is 1. The second-order valence-corrected chi connectivity index (χ2v) is 12.2. The first-order valence-corrected chi connectivity index (χ1v) is 14.3. The number of benzene rings is 1. The van der Waals surface area contributed by atoms with Gasteiger partial charge in [0.15, 0.2) is 0 Å². The molecule has 40 heavy (non-hydrogen) atoms. The Kier molecular flexibility index (Phi) is 7.73. The molecule has 11 heteroatoms. The molecule has 3 saturated carbocycles. The highest BCUT2D eigenvalue weighted by Gasteiger charge is 2.57. The van der Waals surface area contributed by atoms with Crippen molar-refractivity contribution in [3.8, 4) is 5.69 Å². The molecule has 2 heterocycles. The predicted octanol–water partition coefficient (Wildman–Crippen LogP) is 1.60. The van der Waals surface area contributed by atoms with Gasteiger partial charge in [-0.05, 0) is 81.8 Å². The van der Waals surface area contributed by atoms with Crippen molar-refractivity contribution < 1.29 is 9.59 Å². The van der Waals surface area contributed by atoms with Crippen molar-refractivity contribution in [1.29, 1.82) is 0 Å². The highest BCUT2D eigenvalue weighted by Crippen LogP contribution is 2.58. The van der Waals surface area contributed by atoms with Crippen LogP contribution in [0, 0.1) is 11.8 Å². The van der Waals surface area contributed by atoms with E-state index in [0.29, 0.717) is 37.6 Å². The molecule has 3 amide bonds. The number of amides is 3. The second-order valence-electron chi connectivity index (χ2n) is 12.2. The molecule has 11 nitrogen and oxygen atoms in total. The summed E-state index contributed by atoms with van der Waals surface area (Å²) < 4.78 is 1.47. The quantitative estimate of drug-likeness (QED) is 0.453. The fourth-order valence-corrected chi connectivity index (χ4v) is 6.71. The first-order valence-electron chi connectivity index (χ1n) is 14.3. The van der Waals surface area contributed by atoms with Gasteiger partial charge in [-0.1, -0.05) is 19.1 Å². The molecule has 4 fully saturated rings. The number of carbonyl (C=O) groups excluding carboxylic acids is 2. The minimum absolute atomic E-state index is 0.140. The van der Waals surface area contributed by atoms with Gasteiger partial charge in [0.25, 0.3) is 0 Å². The number of fused-ring (bicyclic) bond motifs is 1. The lowest BCUT2D eigenvalue weighted by Gasteiger charge is -2.47. The Hall–Kier alpha value is -3.28. The Morgan fingerprint density at radius 1 is 1.07 bits per heavy atom. The maximum atomic E-state index is 12.8. The van der Waals surface area contributed by atoms with E-state index in [1.807, 2.05) is 12.1 Å². The number of aromatic nitrogens is 2. The van der Waals surface area contributed by atoms with E-state index in [0.717, 1.165) is 31.2 Å². The SMILES string of the molecule is CCN(Cc1ccc(-n2ccc(NC(=O)N3CCN(C(=O)C(C)(C)N)CC3)nc2=O)cc1)C12CC(CN)C(C1)C2. The summed E-state index contributed by atoms with van der Waals surface area (Å²) in [5, 5.41) is 2.70. The van der Waals surface area contributed by atoms with Gasteiger partial charge in [0.05, 0.1) is 11.2 Å². The molecule has 4 aliphatic rings. The van der Waals surface area contributed by atoms with Crippen LogP contribution in [-0.4, -0.2) is 86.5 Å². The lowest BCUT2D eigenvalue weighted by molar-refractivity contribution is -0.137. The van der Waals surface area contributed by atoms with Crippen LogP contribution in [0.2, 0.25) is 0 Å². The number of carbonyl (C=O) groups is 2. The zero-order valence-corrected chi connectivity index (χ0v) is 23.8. The number of urea groups is 1. The van der Waals surface area contributed by atoms with E-state index in [9.17, 15) is 14.4 Å². The zero-order valence-electron chi connectivity index (χ0n) is 23.8. The number of anilines is 1. The van der Waals surface area contributed by atoms with Gasteiger partial charge >= 0.3 is 11.7 Å². The molecule has 216 valence electrons. The van der Waals surface area contributed by atoms with Crippen molar-refractivity contribution in [1.82, 2.24) is 24.3 Å². The van der Waals surface area contributed by atoms with Crippen molar-refractivity contribution in [2.24, 2.45) is 23.3 Å². The van der Waals surface area contributed by atoms with Gasteiger partial charge in [-0.2, -0.15) is 4.98 Å². The van der Waals surface area contributed by atoms with Gasteiger partial charge in [0.2, 0.25) is 5.91 Å². The number of nitrogens with one attached hydrogen (secondary N) is 1. The number of hydrogen-bond donors (Lipinski definition) is 3. The van der Waals surface area contributed by atoms with Gasteiger partial charge < -0.3 is 21.3 Å². The van der Waals surface area contributed by atoms with Crippen molar-refractivity contribution in [3.63, 3.8) is 0 Å². The van der Waals surface area contributed by atoms with Crippen LogP contribution >= 0.6 is 0 Å². The van der Waals surface area contributed by atoms with Gasteiger partial charge in [-0.3, -0.25) is 19.6 Å². The standard InChI is InChI=1S/C29H42N8O3/c1-4-36(29-15-21(16-29)22(17-29)18-30)19-20-5-7-23(8-6-20)37-10-9-24(33-27(37)40)32-26(39)35-13-11-34(12-14-35)25(38)28(2,3)31/h5-10,21-22H,4,11-19,30-31H2,1-3H3,(H,32,33,39,40). The topological polar surface area (TPSA) is 143 Å². The largest absolute Gasteiger partial charge is 0.354 e. The van der Waals surface area contributed by atoms with Gasteiger partial charge in [-0.15, -0.1) is 0 Å². The lowest BCUT2D eigenvalue weighted by Crippen LogP contribution is -2.58. The molecule has 1 saturated heterocycles. The van der Waals surface area contributed by atoms with E-state index in [1.54, 1.807) is 35.9 Å². The van der Waals surface area contributed by atoms with E-state index in [2.05, 4.69) is 34.3 Å². The molecule has 5 N–H and O–H groups in total. The van der Waals surface area contributed by atoms with Crippen molar-refractivity contribution in [2.75, 3.05) is 44.6 Å². The number of rotatable bonds is 8. The molecule has 1 atom stereocenters. The normalized spacial score (nSPS) is 24.2. The molecule has 1 aromatic heterocycles. The van der Waals surface area contributed by atoms with Crippen LogP contribution in [0.25, 0.3) is 5.69 Å². The third-order valence-corrected chi connectivity index (χ3v) is 8.98. The summed E-state index contributed by atoms with van der Waals surface area (Å²) in [6.07, 6.45) is 5.34. The van der Waals surface area contributed by atoms with Crippen LogP contribution in [0.4, 0.5) is 10.6 Å². The number of nitrogens with zero attached hydrogens (tertiary/aromatic N) is 5. The summed E-state index contributed by atoms with van der Waals surface area (Å²) in [6.45, 7) is 9.81. The fraction of sp³-hybridized carbons (Fsp3) is 0.586. The van der Waals surface area contributed by atoms with Crippen LogP contribution in [0.5, 0.6) is 0 Å². The van der Waals surface area contributed by atoms with E-state index < -0.39 is 11.2 Å². The minimum atomic E-state index is -0.946. The summed E-state index contributed by atoms with van der Waals surface area (Å²) >= 11 is 0. The Morgan fingerprint density at radius 3 is 2.27 bits per heavy atom. The van der Waals surface area contributed by atoms with Crippen LogP contribution in [-0.2, 0) is 11.3 Å². The fourth-order valence-electron chi connectivity index (χ4n) is 6.71. The van der Waals surface area contributed by atoms with Crippen molar-refractivity contribution in [2.45, 2.75) is 57.7 Å². The smallest absolute Gasteiger partial charge is 0.338 e. The second kappa shape index (κ2) is 10.9. The summed E-state index contributed by atoms with van der Waals surface area (Å²) in [6, 6.07) is 9.27. The zero-order chi connectivity index (χ0) is 28.7. The molecule has 6 rings (SSSR count). The molecule has 3 aliphatic carbocycles. The number of hydrogen-bond acceptors (Lipinski definition) is 7. The highest BCUT2D eigenvalue weighted by molar-refractivity contribution is 5.89. The van der Waals surface area contributed by atoms with E-state index in [4.69, 9.17) is 11.5 Å². The van der Waals surface area contributed by atoms with Crippen molar-refractivity contribution in [3.05, 3.63) is 52.6 Å². The molecule has 1 unspecified atom stereocenters. The molecule has 2 aromatic rings. The van der Waals surface area contributed by atoms with Crippen LogP contribution in [0.1, 0.15) is 45.6 Å². The van der Waals surface area contributed by atoms with E-state index >= 15 is 0 Å². The average Bonchev–Trinajstić information content (AvgIpc) is 3.48. The summed E-state index contributed by atoms with van der Waals surface area (Å²) in [5.74, 6) is 1.50. The molecular weight excluding hydrogens is 508 g/mol. The molecule has 2 bridgehead atoms. The average molecular weight is 551 g/mol. The van der Waals surface area contributed by atoms with Gasteiger partial charge in [-0.25, -0.2) is 9.59 Å². The summed E-state index contributed by atoms with van der Waals surface area (Å²) in [5.41, 5.74) is 12.7. The molecule has 0 radical (unpaired) electrons. The van der Waals surface area contributed by atoms with Gasteiger partial charge in [0, 0.05) is 44.5 Å². The first-order chi connectivity index (χ1) is 19.0. The molecule has 1 aliphatic heterocycles.